The van der Waals surface area contributed by atoms with Crippen molar-refractivity contribution in [3.8, 4) is 0 Å². The molecule has 0 aromatic rings. The maximum Gasteiger partial charge on any atom is 0.220 e. The zero-order valence-corrected chi connectivity index (χ0v) is 12.6. The fourth-order valence-electron chi connectivity index (χ4n) is 3.22. The minimum atomic E-state index is 0.233. The molecule has 0 bridgehead atoms. The summed E-state index contributed by atoms with van der Waals surface area (Å²) < 4.78 is 0. The molecule has 3 heteroatoms. The molecule has 1 fully saturated rings. The van der Waals surface area contributed by atoms with E-state index in [-0.39, 0.29) is 5.91 Å². The van der Waals surface area contributed by atoms with Gasteiger partial charge in [-0.2, -0.15) is 0 Å². The normalized spacial score (nSPS) is 17.6. The molecule has 0 aromatic carbocycles. The summed E-state index contributed by atoms with van der Waals surface area (Å²) in [6.45, 7) is 3.82. The molecule has 0 saturated heterocycles. The molecule has 3 N–H and O–H groups in total. The molecule has 0 radical (unpaired) electrons. The van der Waals surface area contributed by atoms with Crippen molar-refractivity contribution in [3.05, 3.63) is 0 Å². The Bertz CT molecular complexity index is 231. The predicted octanol–water partition coefficient (Wildman–Crippen LogP) is 3.23. The van der Waals surface area contributed by atoms with E-state index < -0.39 is 0 Å². The van der Waals surface area contributed by atoms with Crippen molar-refractivity contribution in [2.24, 2.45) is 17.6 Å². The lowest BCUT2D eigenvalue weighted by Crippen LogP contribution is -2.26. The molecule has 0 heterocycles. The van der Waals surface area contributed by atoms with E-state index in [0.717, 1.165) is 31.8 Å². The fraction of sp³-hybridized carbons (Fsp3) is 0.938. The van der Waals surface area contributed by atoms with Gasteiger partial charge in [0, 0.05) is 13.0 Å². The highest BCUT2D eigenvalue weighted by atomic mass is 16.1. The summed E-state index contributed by atoms with van der Waals surface area (Å²) in [6, 6.07) is 0. The van der Waals surface area contributed by atoms with E-state index >= 15 is 0 Å². The summed E-state index contributed by atoms with van der Waals surface area (Å²) in [5.41, 5.74) is 5.62. The standard InChI is InChI=1S/C16H32N2O/c1-2-5-14(10-12-17)8-9-16(19)18-13-11-15-6-3-4-7-15/h14-15H,2-13,17H2,1H3,(H,18,19). The van der Waals surface area contributed by atoms with E-state index in [9.17, 15) is 4.79 Å². The highest BCUT2D eigenvalue weighted by molar-refractivity contribution is 5.75. The molecule has 1 aliphatic rings. The molecule has 3 nitrogen and oxygen atoms in total. The lowest BCUT2D eigenvalue weighted by molar-refractivity contribution is -0.121. The topological polar surface area (TPSA) is 55.1 Å². The Hall–Kier alpha value is -0.570. The van der Waals surface area contributed by atoms with Crippen molar-refractivity contribution in [2.45, 2.75) is 71.1 Å². The average Bonchev–Trinajstić information content (AvgIpc) is 2.90. The molecule has 1 aliphatic carbocycles. The third-order valence-corrected chi connectivity index (χ3v) is 4.40. The van der Waals surface area contributed by atoms with Gasteiger partial charge in [0.15, 0.2) is 0 Å². The largest absolute Gasteiger partial charge is 0.356 e. The lowest BCUT2D eigenvalue weighted by Gasteiger charge is -2.15. The maximum atomic E-state index is 11.8. The second-order valence-corrected chi connectivity index (χ2v) is 6.06. The number of rotatable bonds is 10. The minimum Gasteiger partial charge on any atom is -0.356 e. The Morgan fingerprint density at radius 1 is 1.26 bits per heavy atom. The van der Waals surface area contributed by atoms with Crippen molar-refractivity contribution < 1.29 is 4.79 Å². The van der Waals surface area contributed by atoms with Crippen LogP contribution in [0.25, 0.3) is 0 Å². The Labute approximate surface area is 118 Å². The van der Waals surface area contributed by atoms with E-state index in [1.165, 1.54) is 44.9 Å². The summed E-state index contributed by atoms with van der Waals surface area (Å²) in [5.74, 6) is 1.73. The lowest BCUT2D eigenvalue weighted by atomic mass is 9.94. The van der Waals surface area contributed by atoms with Gasteiger partial charge in [-0.25, -0.2) is 0 Å². The van der Waals surface area contributed by atoms with Gasteiger partial charge in [-0.05, 0) is 37.6 Å². The molecule has 1 atom stereocenters. The minimum absolute atomic E-state index is 0.233. The van der Waals surface area contributed by atoms with Crippen LogP contribution in [-0.2, 0) is 4.79 Å². The van der Waals surface area contributed by atoms with Crippen molar-refractivity contribution in [1.29, 1.82) is 0 Å². The van der Waals surface area contributed by atoms with Crippen molar-refractivity contribution in [3.63, 3.8) is 0 Å². The summed E-state index contributed by atoms with van der Waals surface area (Å²) in [4.78, 5) is 11.8. The summed E-state index contributed by atoms with van der Waals surface area (Å²) in [7, 11) is 0. The number of nitrogens with one attached hydrogen (secondary N) is 1. The SMILES string of the molecule is CCCC(CCN)CCC(=O)NCCC1CCCC1. The molecule has 1 unspecified atom stereocenters. The first-order valence-corrected chi connectivity index (χ1v) is 8.23. The third kappa shape index (κ3) is 7.56. The molecule has 1 rings (SSSR count). The second-order valence-electron chi connectivity index (χ2n) is 6.06. The molecule has 0 aliphatic heterocycles. The van der Waals surface area contributed by atoms with Gasteiger partial charge in [0.05, 0.1) is 0 Å². The van der Waals surface area contributed by atoms with Crippen LogP contribution in [0.2, 0.25) is 0 Å². The number of amides is 1. The summed E-state index contributed by atoms with van der Waals surface area (Å²) in [5, 5.41) is 3.08. The number of carbonyl (C=O) groups excluding carboxylic acids is 1. The first kappa shape index (κ1) is 16.5. The zero-order chi connectivity index (χ0) is 13.9. The molecule has 0 spiro atoms. The van der Waals surface area contributed by atoms with E-state index in [0.29, 0.717) is 12.3 Å². The summed E-state index contributed by atoms with van der Waals surface area (Å²) in [6.07, 6.45) is 11.8. The van der Waals surface area contributed by atoms with Gasteiger partial charge < -0.3 is 11.1 Å². The number of nitrogens with two attached hydrogens (primary N) is 1. The monoisotopic (exact) mass is 268 g/mol. The molecular weight excluding hydrogens is 236 g/mol. The average molecular weight is 268 g/mol. The van der Waals surface area contributed by atoms with Crippen LogP contribution in [0.5, 0.6) is 0 Å². The zero-order valence-electron chi connectivity index (χ0n) is 12.6. The van der Waals surface area contributed by atoms with Crippen LogP contribution in [0.3, 0.4) is 0 Å². The van der Waals surface area contributed by atoms with Crippen molar-refractivity contribution >= 4 is 5.91 Å². The van der Waals surface area contributed by atoms with Crippen LogP contribution in [0.1, 0.15) is 71.1 Å². The first-order valence-electron chi connectivity index (χ1n) is 8.23. The van der Waals surface area contributed by atoms with E-state index in [1.807, 2.05) is 0 Å². The molecule has 0 aromatic heterocycles. The van der Waals surface area contributed by atoms with E-state index in [2.05, 4.69) is 12.2 Å². The maximum absolute atomic E-state index is 11.8. The summed E-state index contributed by atoms with van der Waals surface area (Å²) >= 11 is 0. The number of hydrogen-bond acceptors (Lipinski definition) is 2. The molecule has 1 amide bonds. The third-order valence-electron chi connectivity index (χ3n) is 4.40. The van der Waals surface area contributed by atoms with Gasteiger partial charge in [-0.15, -0.1) is 0 Å². The van der Waals surface area contributed by atoms with Crippen LogP contribution in [0, 0.1) is 11.8 Å². The van der Waals surface area contributed by atoms with Crippen LogP contribution >= 0.6 is 0 Å². The highest BCUT2D eigenvalue weighted by Crippen LogP contribution is 2.26. The van der Waals surface area contributed by atoms with Crippen LogP contribution < -0.4 is 11.1 Å². The molecule has 112 valence electrons. The Balaban J connectivity index is 2.05. The van der Waals surface area contributed by atoms with Gasteiger partial charge in [-0.1, -0.05) is 45.4 Å². The Morgan fingerprint density at radius 2 is 2.00 bits per heavy atom. The van der Waals surface area contributed by atoms with Crippen molar-refractivity contribution in [2.75, 3.05) is 13.1 Å². The van der Waals surface area contributed by atoms with Gasteiger partial charge in [-0.3, -0.25) is 4.79 Å². The van der Waals surface area contributed by atoms with Gasteiger partial charge >= 0.3 is 0 Å². The second kappa shape index (κ2) is 10.2. The van der Waals surface area contributed by atoms with Gasteiger partial charge in [0.25, 0.3) is 0 Å². The fourth-order valence-corrected chi connectivity index (χ4v) is 3.22. The quantitative estimate of drug-likeness (QED) is 0.639. The first-order chi connectivity index (χ1) is 9.26. The smallest absolute Gasteiger partial charge is 0.220 e. The Morgan fingerprint density at radius 3 is 2.63 bits per heavy atom. The van der Waals surface area contributed by atoms with Crippen LogP contribution in [-0.4, -0.2) is 19.0 Å². The van der Waals surface area contributed by atoms with Crippen molar-refractivity contribution in [1.82, 2.24) is 5.32 Å². The van der Waals surface area contributed by atoms with E-state index in [1.54, 1.807) is 0 Å². The van der Waals surface area contributed by atoms with Crippen LogP contribution in [0.4, 0.5) is 0 Å². The molecule has 19 heavy (non-hydrogen) atoms. The predicted molar refractivity (Wildman–Crippen MR) is 80.9 cm³/mol. The van der Waals surface area contributed by atoms with Gasteiger partial charge in [0.2, 0.25) is 5.91 Å². The van der Waals surface area contributed by atoms with E-state index in [4.69, 9.17) is 5.73 Å². The molecular formula is C16H32N2O. The molecule has 1 saturated carbocycles. The highest BCUT2D eigenvalue weighted by Gasteiger charge is 2.15. The van der Waals surface area contributed by atoms with Crippen LogP contribution in [0.15, 0.2) is 0 Å². The Kier molecular flexibility index (Phi) is 8.89. The number of carbonyl (C=O) groups is 1. The number of hydrogen-bond donors (Lipinski definition) is 2. The van der Waals surface area contributed by atoms with Gasteiger partial charge in [0.1, 0.15) is 0 Å².